The first kappa shape index (κ1) is 15.8. The Morgan fingerprint density at radius 1 is 1.00 bits per heavy atom. The average molecular weight is 335 g/mol. The van der Waals surface area contributed by atoms with E-state index in [1.807, 2.05) is 24.3 Å². The lowest BCUT2D eigenvalue weighted by Crippen LogP contribution is -2.34. The third-order valence-corrected chi connectivity index (χ3v) is 5.02. The largest absolute Gasteiger partial charge is 0.348 e. The minimum Gasteiger partial charge on any atom is -0.348 e. The van der Waals surface area contributed by atoms with Crippen LogP contribution in [0, 0.1) is 0 Å². The number of hydrogen-bond donors (Lipinski definition) is 1. The lowest BCUT2D eigenvalue weighted by Gasteiger charge is -2.17. The zero-order valence-corrected chi connectivity index (χ0v) is 14.1. The summed E-state index contributed by atoms with van der Waals surface area (Å²) in [5.41, 5.74) is 2.74. The SMILES string of the molecule is O=C(NC1CCCC1)c1cccc(C(=O)N2CCc3ccccc32)n1. The van der Waals surface area contributed by atoms with Crippen LogP contribution in [0.5, 0.6) is 0 Å². The first-order valence-electron chi connectivity index (χ1n) is 8.90. The normalized spacial score (nSPS) is 16.7. The molecular formula is C20H21N3O2. The number of benzene rings is 1. The summed E-state index contributed by atoms with van der Waals surface area (Å²) < 4.78 is 0. The molecule has 1 aliphatic heterocycles. The van der Waals surface area contributed by atoms with Crippen LogP contribution >= 0.6 is 0 Å². The molecule has 25 heavy (non-hydrogen) atoms. The van der Waals surface area contributed by atoms with E-state index in [1.54, 1.807) is 23.1 Å². The number of anilines is 1. The Hall–Kier alpha value is -2.69. The molecule has 2 aliphatic rings. The van der Waals surface area contributed by atoms with Crippen LogP contribution in [0.15, 0.2) is 42.5 Å². The molecule has 0 unspecified atom stereocenters. The van der Waals surface area contributed by atoms with Crippen LogP contribution in [0.2, 0.25) is 0 Å². The number of aromatic nitrogens is 1. The number of pyridine rings is 1. The highest BCUT2D eigenvalue weighted by Crippen LogP contribution is 2.28. The number of hydrogen-bond acceptors (Lipinski definition) is 3. The highest BCUT2D eigenvalue weighted by molar-refractivity contribution is 6.06. The number of rotatable bonds is 3. The van der Waals surface area contributed by atoms with Gasteiger partial charge in [-0.25, -0.2) is 4.98 Å². The molecule has 1 aliphatic carbocycles. The Morgan fingerprint density at radius 2 is 1.76 bits per heavy atom. The standard InChI is InChI=1S/C20H21N3O2/c24-19(21-15-7-2-3-8-15)16-9-5-10-17(22-16)20(25)23-13-12-14-6-1-4-11-18(14)23/h1,4-6,9-11,15H,2-3,7-8,12-13H2,(H,21,24). The van der Waals surface area contributed by atoms with Gasteiger partial charge in [-0.15, -0.1) is 0 Å². The zero-order valence-electron chi connectivity index (χ0n) is 14.1. The molecule has 2 aromatic rings. The fourth-order valence-electron chi connectivity index (χ4n) is 3.70. The fourth-order valence-corrected chi connectivity index (χ4v) is 3.70. The van der Waals surface area contributed by atoms with Gasteiger partial charge >= 0.3 is 0 Å². The third-order valence-electron chi connectivity index (χ3n) is 5.02. The molecule has 0 atom stereocenters. The minimum absolute atomic E-state index is 0.152. The minimum atomic E-state index is -0.191. The Bertz CT molecular complexity index is 812. The second-order valence-electron chi connectivity index (χ2n) is 6.70. The molecule has 2 heterocycles. The van der Waals surface area contributed by atoms with Gasteiger partial charge in [-0.1, -0.05) is 37.1 Å². The van der Waals surface area contributed by atoms with Crippen molar-refractivity contribution >= 4 is 17.5 Å². The second-order valence-corrected chi connectivity index (χ2v) is 6.70. The monoisotopic (exact) mass is 335 g/mol. The van der Waals surface area contributed by atoms with Gasteiger partial charge < -0.3 is 10.2 Å². The summed E-state index contributed by atoms with van der Waals surface area (Å²) in [6.07, 6.45) is 5.21. The molecule has 0 radical (unpaired) electrons. The Morgan fingerprint density at radius 3 is 2.60 bits per heavy atom. The van der Waals surface area contributed by atoms with Gasteiger partial charge in [-0.05, 0) is 43.0 Å². The van der Waals surface area contributed by atoms with E-state index in [4.69, 9.17) is 0 Å². The van der Waals surface area contributed by atoms with Gasteiger partial charge in [0.25, 0.3) is 11.8 Å². The second kappa shape index (κ2) is 6.67. The predicted molar refractivity (Wildman–Crippen MR) is 95.8 cm³/mol. The molecule has 1 N–H and O–H groups in total. The maximum Gasteiger partial charge on any atom is 0.276 e. The molecule has 128 valence electrons. The van der Waals surface area contributed by atoms with Crippen molar-refractivity contribution in [1.82, 2.24) is 10.3 Å². The Kier molecular flexibility index (Phi) is 4.22. The summed E-state index contributed by atoms with van der Waals surface area (Å²) in [6, 6.07) is 13.2. The molecular weight excluding hydrogens is 314 g/mol. The van der Waals surface area contributed by atoms with Crippen molar-refractivity contribution in [3.63, 3.8) is 0 Å². The molecule has 1 aromatic heterocycles. The number of nitrogens with zero attached hydrogens (tertiary/aromatic N) is 2. The lowest BCUT2D eigenvalue weighted by molar-refractivity contribution is 0.0932. The van der Waals surface area contributed by atoms with E-state index < -0.39 is 0 Å². The van der Waals surface area contributed by atoms with E-state index in [9.17, 15) is 9.59 Å². The first-order chi connectivity index (χ1) is 12.2. The highest BCUT2D eigenvalue weighted by Gasteiger charge is 2.26. The molecule has 1 aromatic carbocycles. The van der Waals surface area contributed by atoms with E-state index in [0.29, 0.717) is 17.9 Å². The molecule has 4 rings (SSSR count). The summed E-state index contributed by atoms with van der Waals surface area (Å²) in [4.78, 5) is 31.3. The molecule has 0 bridgehead atoms. The molecule has 0 spiro atoms. The van der Waals surface area contributed by atoms with Gasteiger partial charge in [0, 0.05) is 18.3 Å². The van der Waals surface area contributed by atoms with Crippen LogP contribution in [0.25, 0.3) is 0 Å². The fraction of sp³-hybridized carbons (Fsp3) is 0.350. The number of para-hydroxylation sites is 1. The van der Waals surface area contributed by atoms with Crippen molar-refractivity contribution < 1.29 is 9.59 Å². The predicted octanol–water partition coefficient (Wildman–Crippen LogP) is 2.96. The number of amides is 2. The van der Waals surface area contributed by atoms with Crippen molar-refractivity contribution in [2.24, 2.45) is 0 Å². The van der Waals surface area contributed by atoms with Crippen molar-refractivity contribution in [2.75, 3.05) is 11.4 Å². The molecule has 1 saturated carbocycles. The van der Waals surface area contributed by atoms with Crippen LogP contribution in [0.1, 0.15) is 52.2 Å². The van der Waals surface area contributed by atoms with Crippen LogP contribution in [0.4, 0.5) is 5.69 Å². The van der Waals surface area contributed by atoms with Crippen molar-refractivity contribution in [3.8, 4) is 0 Å². The van der Waals surface area contributed by atoms with E-state index in [0.717, 1.165) is 37.8 Å². The number of fused-ring (bicyclic) bond motifs is 1. The summed E-state index contributed by atoms with van der Waals surface area (Å²) in [5, 5.41) is 3.02. The average Bonchev–Trinajstić information content (AvgIpc) is 3.30. The smallest absolute Gasteiger partial charge is 0.276 e. The third kappa shape index (κ3) is 3.14. The van der Waals surface area contributed by atoms with Gasteiger partial charge in [-0.2, -0.15) is 0 Å². The van der Waals surface area contributed by atoms with E-state index in [1.165, 1.54) is 5.56 Å². The lowest BCUT2D eigenvalue weighted by atomic mass is 10.2. The Balaban J connectivity index is 1.53. The summed E-state index contributed by atoms with van der Waals surface area (Å²) in [6.45, 7) is 0.651. The maximum atomic E-state index is 12.9. The van der Waals surface area contributed by atoms with Gasteiger partial charge in [0.1, 0.15) is 11.4 Å². The van der Waals surface area contributed by atoms with E-state index >= 15 is 0 Å². The topological polar surface area (TPSA) is 62.3 Å². The van der Waals surface area contributed by atoms with Crippen LogP contribution in [-0.2, 0) is 6.42 Å². The molecule has 5 heteroatoms. The van der Waals surface area contributed by atoms with Crippen molar-refractivity contribution in [1.29, 1.82) is 0 Å². The molecule has 2 amide bonds. The van der Waals surface area contributed by atoms with E-state index in [2.05, 4.69) is 10.3 Å². The molecule has 0 saturated heterocycles. The first-order valence-corrected chi connectivity index (χ1v) is 8.90. The quantitative estimate of drug-likeness (QED) is 0.938. The van der Waals surface area contributed by atoms with Crippen molar-refractivity contribution in [2.45, 2.75) is 38.1 Å². The van der Waals surface area contributed by atoms with Gasteiger partial charge in [-0.3, -0.25) is 9.59 Å². The van der Waals surface area contributed by atoms with Gasteiger partial charge in [0.15, 0.2) is 0 Å². The van der Waals surface area contributed by atoms with Crippen molar-refractivity contribution in [3.05, 3.63) is 59.4 Å². The zero-order chi connectivity index (χ0) is 17.2. The Labute approximate surface area is 147 Å². The number of carbonyl (C=O) groups is 2. The summed E-state index contributed by atoms with van der Waals surface area (Å²) >= 11 is 0. The highest BCUT2D eigenvalue weighted by atomic mass is 16.2. The van der Waals surface area contributed by atoms with Crippen LogP contribution in [-0.4, -0.2) is 29.4 Å². The van der Waals surface area contributed by atoms with Gasteiger partial charge in [0.2, 0.25) is 0 Å². The summed E-state index contributed by atoms with van der Waals surface area (Å²) in [7, 11) is 0. The maximum absolute atomic E-state index is 12.9. The van der Waals surface area contributed by atoms with E-state index in [-0.39, 0.29) is 17.9 Å². The van der Waals surface area contributed by atoms with Crippen LogP contribution in [0.3, 0.4) is 0 Å². The molecule has 1 fully saturated rings. The van der Waals surface area contributed by atoms with Crippen LogP contribution < -0.4 is 10.2 Å². The van der Waals surface area contributed by atoms with Gasteiger partial charge in [0.05, 0.1) is 0 Å². The number of carbonyl (C=O) groups excluding carboxylic acids is 2. The number of nitrogens with one attached hydrogen (secondary N) is 1. The molecule has 5 nitrogen and oxygen atoms in total. The summed E-state index contributed by atoms with van der Waals surface area (Å²) in [5.74, 6) is -0.344.